The van der Waals surface area contributed by atoms with E-state index in [1.54, 1.807) is 0 Å². The first kappa shape index (κ1) is 14.0. The summed E-state index contributed by atoms with van der Waals surface area (Å²) in [5.74, 6) is 1.19. The normalized spacial score (nSPS) is 18.3. The zero-order chi connectivity index (χ0) is 13.9. The van der Waals surface area contributed by atoms with Gasteiger partial charge >= 0.3 is 0 Å². The molecule has 0 atom stereocenters. The van der Waals surface area contributed by atoms with E-state index >= 15 is 0 Å². The predicted molar refractivity (Wildman–Crippen MR) is 77.2 cm³/mol. The molecule has 0 aromatic carbocycles. The summed E-state index contributed by atoms with van der Waals surface area (Å²) in [5.41, 5.74) is 0.912. The maximum absolute atomic E-state index is 12.3. The standard InChI is InChI=1S/C15H23N3O/c1-11(2)12-4-5-13(17-10-12)18-14(19)15(3)6-8-16-9-7-15/h4-5,10-11,16H,6-9H2,1-3H3,(H,17,18,19). The van der Waals surface area contributed by atoms with Crippen LogP contribution in [0.4, 0.5) is 5.82 Å². The second kappa shape index (κ2) is 5.70. The monoisotopic (exact) mass is 261 g/mol. The molecule has 1 aromatic heterocycles. The number of anilines is 1. The molecule has 1 aromatic rings. The zero-order valence-electron chi connectivity index (χ0n) is 12.0. The highest BCUT2D eigenvalue weighted by atomic mass is 16.2. The molecule has 19 heavy (non-hydrogen) atoms. The van der Waals surface area contributed by atoms with Gasteiger partial charge in [0.15, 0.2) is 0 Å². The molecule has 0 aliphatic carbocycles. The van der Waals surface area contributed by atoms with Crippen molar-refractivity contribution in [3.63, 3.8) is 0 Å². The average molecular weight is 261 g/mol. The molecule has 0 radical (unpaired) electrons. The zero-order valence-corrected chi connectivity index (χ0v) is 12.0. The van der Waals surface area contributed by atoms with Gasteiger partial charge in [-0.05, 0) is 43.5 Å². The molecule has 0 bridgehead atoms. The maximum atomic E-state index is 12.3. The van der Waals surface area contributed by atoms with Crippen LogP contribution in [0.1, 0.15) is 45.1 Å². The SMILES string of the molecule is CC(C)c1ccc(NC(=O)C2(C)CCNCC2)nc1. The van der Waals surface area contributed by atoms with Gasteiger partial charge in [0.25, 0.3) is 0 Å². The van der Waals surface area contributed by atoms with Crippen LogP contribution in [0.2, 0.25) is 0 Å². The van der Waals surface area contributed by atoms with E-state index in [-0.39, 0.29) is 11.3 Å². The summed E-state index contributed by atoms with van der Waals surface area (Å²) in [6, 6.07) is 3.91. The Kier molecular flexibility index (Phi) is 4.20. The molecule has 2 heterocycles. The van der Waals surface area contributed by atoms with E-state index in [1.807, 2.05) is 25.3 Å². The van der Waals surface area contributed by atoms with E-state index < -0.39 is 0 Å². The van der Waals surface area contributed by atoms with Gasteiger partial charge < -0.3 is 10.6 Å². The van der Waals surface area contributed by atoms with Crippen LogP contribution in [0.25, 0.3) is 0 Å². The first-order valence-electron chi connectivity index (χ1n) is 6.99. The molecule has 1 saturated heterocycles. The van der Waals surface area contributed by atoms with Crippen LogP contribution in [0.5, 0.6) is 0 Å². The van der Waals surface area contributed by atoms with Gasteiger partial charge in [0.05, 0.1) is 0 Å². The van der Waals surface area contributed by atoms with E-state index in [9.17, 15) is 4.79 Å². The number of nitrogens with zero attached hydrogens (tertiary/aromatic N) is 1. The number of nitrogens with one attached hydrogen (secondary N) is 2. The summed E-state index contributed by atoms with van der Waals surface area (Å²) in [5, 5.41) is 6.22. The van der Waals surface area contributed by atoms with Gasteiger partial charge in [0, 0.05) is 11.6 Å². The molecular formula is C15H23N3O. The minimum atomic E-state index is -0.274. The van der Waals surface area contributed by atoms with E-state index in [0.717, 1.165) is 25.9 Å². The minimum absolute atomic E-state index is 0.0822. The third-order valence-electron chi connectivity index (χ3n) is 3.95. The van der Waals surface area contributed by atoms with Gasteiger partial charge in [0.1, 0.15) is 5.82 Å². The van der Waals surface area contributed by atoms with Crippen molar-refractivity contribution in [3.05, 3.63) is 23.9 Å². The summed E-state index contributed by atoms with van der Waals surface area (Å²) in [6.07, 6.45) is 3.59. The van der Waals surface area contributed by atoms with Crippen molar-refractivity contribution >= 4 is 11.7 Å². The first-order chi connectivity index (χ1) is 9.01. The quantitative estimate of drug-likeness (QED) is 0.879. The van der Waals surface area contributed by atoms with Crippen LogP contribution in [0.15, 0.2) is 18.3 Å². The van der Waals surface area contributed by atoms with Crippen LogP contribution in [-0.4, -0.2) is 24.0 Å². The number of pyridine rings is 1. The Morgan fingerprint density at radius 2 is 2.05 bits per heavy atom. The van der Waals surface area contributed by atoms with Gasteiger partial charge in [0.2, 0.25) is 5.91 Å². The summed E-state index contributed by atoms with van der Waals surface area (Å²) >= 11 is 0. The molecule has 1 fully saturated rings. The number of amides is 1. The number of aromatic nitrogens is 1. The molecule has 4 nitrogen and oxygen atoms in total. The Balaban J connectivity index is 2.02. The number of piperidine rings is 1. The first-order valence-corrected chi connectivity index (χ1v) is 6.99. The molecule has 2 N–H and O–H groups in total. The molecule has 0 unspecified atom stereocenters. The molecule has 1 amide bonds. The van der Waals surface area contributed by atoms with Gasteiger partial charge in [-0.15, -0.1) is 0 Å². The van der Waals surface area contributed by atoms with Crippen molar-refractivity contribution in [1.29, 1.82) is 0 Å². The number of rotatable bonds is 3. The molecule has 0 saturated carbocycles. The van der Waals surface area contributed by atoms with Crippen LogP contribution in [-0.2, 0) is 4.79 Å². The van der Waals surface area contributed by atoms with Crippen LogP contribution >= 0.6 is 0 Å². The van der Waals surface area contributed by atoms with Gasteiger partial charge in [-0.2, -0.15) is 0 Å². The number of carbonyl (C=O) groups is 1. The van der Waals surface area contributed by atoms with Crippen LogP contribution in [0.3, 0.4) is 0 Å². The molecule has 2 rings (SSSR count). The van der Waals surface area contributed by atoms with Gasteiger partial charge in [-0.3, -0.25) is 4.79 Å². The minimum Gasteiger partial charge on any atom is -0.317 e. The smallest absolute Gasteiger partial charge is 0.231 e. The Bertz CT molecular complexity index is 433. The predicted octanol–water partition coefficient (Wildman–Crippen LogP) is 2.53. The summed E-state index contributed by atoms with van der Waals surface area (Å²) in [4.78, 5) is 16.6. The van der Waals surface area contributed by atoms with E-state index in [1.165, 1.54) is 5.56 Å². The van der Waals surface area contributed by atoms with E-state index in [4.69, 9.17) is 0 Å². The summed E-state index contributed by atoms with van der Waals surface area (Å²) in [7, 11) is 0. The lowest BCUT2D eigenvalue weighted by Gasteiger charge is -2.32. The van der Waals surface area contributed by atoms with Gasteiger partial charge in [-0.1, -0.05) is 26.8 Å². The average Bonchev–Trinajstić information content (AvgIpc) is 2.40. The Morgan fingerprint density at radius 1 is 1.37 bits per heavy atom. The van der Waals surface area contributed by atoms with Crippen LogP contribution in [0, 0.1) is 5.41 Å². The largest absolute Gasteiger partial charge is 0.317 e. The Morgan fingerprint density at radius 3 is 2.58 bits per heavy atom. The second-order valence-corrected chi connectivity index (χ2v) is 5.90. The Labute approximate surface area is 115 Å². The van der Waals surface area contributed by atoms with Crippen LogP contribution < -0.4 is 10.6 Å². The topological polar surface area (TPSA) is 54.0 Å². The van der Waals surface area contributed by atoms with Crippen molar-refractivity contribution in [2.75, 3.05) is 18.4 Å². The third-order valence-corrected chi connectivity index (χ3v) is 3.95. The number of hydrogen-bond acceptors (Lipinski definition) is 3. The van der Waals surface area contributed by atoms with Gasteiger partial charge in [-0.25, -0.2) is 4.98 Å². The van der Waals surface area contributed by atoms with E-state index in [0.29, 0.717) is 11.7 Å². The molecule has 4 heteroatoms. The molecule has 1 aliphatic heterocycles. The lowest BCUT2D eigenvalue weighted by molar-refractivity contribution is -0.126. The van der Waals surface area contributed by atoms with Crippen molar-refractivity contribution < 1.29 is 4.79 Å². The molecule has 1 aliphatic rings. The highest BCUT2D eigenvalue weighted by Crippen LogP contribution is 2.29. The lowest BCUT2D eigenvalue weighted by atomic mass is 9.80. The number of hydrogen-bond donors (Lipinski definition) is 2. The maximum Gasteiger partial charge on any atom is 0.231 e. The lowest BCUT2D eigenvalue weighted by Crippen LogP contribution is -2.42. The second-order valence-electron chi connectivity index (χ2n) is 5.90. The molecule has 0 spiro atoms. The van der Waals surface area contributed by atoms with Crippen molar-refractivity contribution in [3.8, 4) is 0 Å². The molecular weight excluding hydrogens is 238 g/mol. The third kappa shape index (κ3) is 3.32. The highest BCUT2D eigenvalue weighted by molar-refractivity contribution is 5.94. The van der Waals surface area contributed by atoms with Crippen molar-refractivity contribution in [2.24, 2.45) is 5.41 Å². The van der Waals surface area contributed by atoms with Crippen molar-refractivity contribution in [1.82, 2.24) is 10.3 Å². The van der Waals surface area contributed by atoms with Crippen molar-refractivity contribution in [2.45, 2.75) is 39.5 Å². The number of carbonyl (C=O) groups excluding carboxylic acids is 1. The fourth-order valence-electron chi connectivity index (χ4n) is 2.29. The molecule has 104 valence electrons. The highest BCUT2D eigenvalue weighted by Gasteiger charge is 2.34. The Hall–Kier alpha value is -1.42. The van der Waals surface area contributed by atoms with E-state index in [2.05, 4.69) is 29.5 Å². The summed E-state index contributed by atoms with van der Waals surface area (Å²) < 4.78 is 0. The fourth-order valence-corrected chi connectivity index (χ4v) is 2.29. The summed E-state index contributed by atoms with van der Waals surface area (Å²) in [6.45, 7) is 8.11. The fraction of sp³-hybridized carbons (Fsp3) is 0.600.